The fourth-order valence-electron chi connectivity index (χ4n) is 1.17. The smallest absolute Gasteiger partial charge is 0.415 e. The Labute approximate surface area is 109 Å². The average Bonchev–Trinajstić information content (AvgIpc) is 2.97. The van der Waals surface area contributed by atoms with Crippen molar-refractivity contribution in [1.82, 2.24) is 10.1 Å². The molecule has 2 rings (SSSR count). The van der Waals surface area contributed by atoms with Gasteiger partial charge in [-0.2, -0.15) is 18.2 Å². The lowest BCUT2D eigenvalue weighted by molar-refractivity contribution is -0.195. The third kappa shape index (κ3) is 3.74. The van der Waals surface area contributed by atoms with Crippen molar-refractivity contribution in [2.24, 2.45) is 0 Å². The quantitative estimate of drug-likeness (QED) is 0.913. The molecule has 0 unspecified atom stereocenters. The number of halogens is 3. The van der Waals surface area contributed by atoms with Gasteiger partial charge in [0.1, 0.15) is 0 Å². The van der Waals surface area contributed by atoms with Crippen LogP contribution in [0.15, 0.2) is 27.3 Å². The first-order valence-electron chi connectivity index (χ1n) is 5.16. The van der Waals surface area contributed by atoms with Gasteiger partial charge in [-0.1, -0.05) is 5.16 Å². The Balaban J connectivity index is 1.85. The largest absolute Gasteiger partial charge is 0.461 e. The van der Waals surface area contributed by atoms with Crippen LogP contribution in [0.4, 0.5) is 13.2 Å². The highest BCUT2D eigenvalue weighted by Crippen LogP contribution is 2.24. The first-order chi connectivity index (χ1) is 8.97. The number of thioether (sulfide) groups is 1. The summed E-state index contributed by atoms with van der Waals surface area (Å²) in [4.78, 5) is 3.96. The summed E-state index contributed by atoms with van der Waals surface area (Å²) in [6.45, 7) is 0. The van der Waals surface area contributed by atoms with Gasteiger partial charge in [-0.15, -0.1) is 11.8 Å². The van der Waals surface area contributed by atoms with Gasteiger partial charge in [0, 0.05) is 5.75 Å². The van der Waals surface area contributed by atoms with E-state index in [4.69, 9.17) is 14.0 Å². The summed E-state index contributed by atoms with van der Waals surface area (Å²) in [5, 5.41) is 12.4. The third-order valence-electron chi connectivity index (χ3n) is 2.09. The molecule has 1 atom stereocenters. The van der Waals surface area contributed by atoms with Crippen molar-refractivity contribution in [2.45, 2.75) is 18.0 Å². The SMILES string of the molecule is O[C@H](CSCc1nc(-c2ccco2)no1)C(F)(F)F. The Hall–Kier alpha value is -1.48. The second-order valence-electron chi connectivity index (χ2n) is 3.56. The van der Waals surface area contributed by atoms with E-state index in [1.54, 1.807) is 12.1 Å². The highest BCUT2D eigenvalue weighted by molar-refractivity contribution is 7.98. The minimum Gasteiger partial charge on any atom is -0.461 e. The van der Waals surface area contributed by atoms with Gasteiger partial charge in [0.25, 0.3) is 0 Å². The van der Waals surface area contributed by atoms with Crippen molar-refractivity contribution in [3.8, 4) is 11.6 Å². The first-order valence-corrected chi connectivity index (χ1v) is 6.31. The number of aromatic nitrogens is 2. The number of aliphatic hydroxyl groups is 1. The highest BCUT2D eigenvalue weighted by atomic mass is 32.2. The second-order valence-corrected chi connectivity index (χ2v) is 4.59. The van der Waals surface area contributed by atoms with Crippen molar-refractivity contribution in [1.29, 1.82) is 0 Å². The third-order valence-corrected chi connectivity index (χ3v) is 3.09. The molecule has 104 valence electrons. The molecule has 0 bridgehead atoms. The van der Waals surface area contributed by atoms with Gasteiger partial charge in [-0.25, -0.2) is 0 Å². The molecule has 19 heavy (non-hydrogen) atoms. The van der Waals surface area contributed by atoms with E-state index in [1.165, 1.54) is 6.26 Å². The molecular formula is C10H9F3N2O3S. The second kappa shape index (κ2) is 5.66. The zero-order valence-corrected chi connectivity index (χ0v) is 10.2. The van der Waals surface area contributed by atoms with Crippen molar-refractivity contribution in [3.63, 3.8) is 0 Å². The molecule has 0 aliphatic rings. The van der Waals surface area contributed by atoms with Crippen LogP contribution in [0.5, 0.6) is 0 Å². The van der Waals surface area contributed by atoms with Gasteiger partial charge >= 0.3 is 6.18 Å². The number of hydrogen-bond acceptors (Lipinski definition) is 6. The van der Waals surface area contributed by atoms with Gasteiger partial charge in [0.05, 0.1) is 12.0 Å². The minimum absolute atomic E-state index is 0.0842. The Kier molecular flexibility index (Phi) is 4.15. The number of furan rings is 1. The van der Waals surface area contributed by atoms with Gasteiger partial charge < -0.3 is 14.0 Å². The maximum atomic E-state index is 12.0. The summed E-state index contributed by atoms with van der Waals surface area (Å²) in [5.74, 6) is 0.418. The van der Waals surface area contributed by atoms with E-state index in [-0.39, 0.29) is 17.5 Å². The monoisotopic (exact) mass is 294 g/mol. The average molecular weight is 294 g/mol. The molecule has 0 radical (unpaired) electrons. The van der Waals surface area contributed by atoms with Gasteiger partial charge in [0.2, 0.25) is 11.7 Å². The topological polar surface area (TPSA) is 72.3 Å². The summed E-state index contributed by atoms with van der Waals surface area (Å²) < 4.78 is 46.0. The van der Waals surface area contributed by atoms with Gasteiger partial charge in [-0.3, -0.25) is 0 Å². The van der Waals surface area contributed by atoms with Crippen LogP contribution in [-0.4, -0.2) is 33.3 Å². The number of alkyl halides is 3. The maximum absolute atomic E-state index is 12.0. The number of aliphatic hydroxyl groups excluding tert-OH is 1. The van der Waals surface area contributed by atoms with E-state index in [0.29, 0.717) is 5.76 Å². The van der Waals surface area contributed by atoms with Crippen molar-refractivity contribution in [2.75, 3.05) is 5.75 Å². The Morgan fingerprint density at radius 2 is 2.21 bits per heavy atom. The van der Waals surface area contributed by atoms with Crippen LogP contribution in [0.1, 0.15) is 5.89 Å². The molecule has 0 saturated heterocycles. The van der Waals surface area contributed by atoms with Crippen LogP contribution < -0.4 is 0 Å². The summed E-state index contributed by atoms with van der Waals surface area (Å²) >= 11 is 0.855. The molecule has 2 aromatic rings. The number of nitrogens with zero attached hydrogens (tertiary/aromatic N) is 2. The molecule has 1 N–H and O–H groups in total. The zero-order valence-electron chi connectivity index (χ0n) is 9.42. The molecular weight excluding hydrogens is 285 g/mol. The van der Waals surface area contributed by atoms with E-state index in [2.05, 4.69) is 10.1 Å². The summed E-state index contributed by atoms with van der Waals surface area (Å²) in [7, 11) is 0. The van der Waals surface area contributed by atoms with Crippen molar-refractivity contribution >= 4 is 11.8 Å². The first kappa shape index (κ1) is 13.9. The predicted molar refractivity (Wildman–Crippen MR) is 60.2 cm³/mol. The molecule has 0 aromatic carbocycles. The van der Waals surface area contributed by atoms with E-state index in [1.807, 2.05) is 0 Å². The van der Waals surface area contributed by atoms with Crippen molar-refractivity contribution in [3.05, 3.63) is 24.3 Å². The van der Waals surface area contributed by atoms with Crippen LogP contribution in [0, 0.1) is 0 Å². The lowest BCUT2D eigenvalue weighted by atomic mass is 10.4. The Morgan fingerprint density at radius 1 is 1.42 bits per heavy atom. The van der Waals surface area contributed by atoms with Crippen LogP contribution in [0.2, 0.25) is 0 Å². The molecule has 9 heteroatoms. The Bertz CT molecular complexity index is 512. The maximum Gasteiger partial charge on any atom is 0.415 e. The molecule has 0 aliphatic carbocycles. The van der Waals surface area contributed by atoms with E-state index >= 15 is 0 Å². The lowest BCUT2D eigenvalue weighted by Gasteiger charge is -2.12. The zero-order chi connectivity index (χ0) is 13.9. The lowest BCUT2D eigenvalue weighted by Crippen LogP contribution is -2.30. The van der Waals surface area contributed by atoms with Crippen LogP contribution >= 0.6 is 11.8 Å². The summed E-state index contributed by atoms with van der Waals surface area (Å²) in [6.07, 6.45) is -5.52. The molecule has 2 heterocycles. The molecule has 0 saturated carbocycles. The van der Waals surface area contributed by atoms with Crippen LogP contribution in [0.25, 0.3) is 11.6 Å². The number of hydrogen-bond donors (Lipinski definition) is 1. The van der Waals surface area contributed by atoms with Crippen LogP contribution in [-0.2, 0) is 5.75 Å². The fraction of sp³-hybridized carbons (Fsp3) is 0.400. The van der Waals surface area contributed by atoms with E-state index in [9.17, 15) is 13.2 Å². The Morgan fingerprint density at radius 3 is 2.84 bits per heavy atom. The molecule has 2 aromatic heterocycles. The fourth-order valence-corrected chi connectivity index (χ4v) is 1.99. The predicted octanol–water partition coefficient (Wildman–Crippen LogP) is 2.49. The molecule has 0 fully saturated rings. The highest BCUT2D eigenvalue weighted by Gasteiger charge is 2.37. The molecule has 5 nitrogen and oxygen atoms in total. The summed E-state index contributed by atoms with van der Waals surface area (Å²) in [6, 6.07) is 3.29. The van der Waals surface area contributed by atoms with E-state index in [0.717, 1.165) is 11.8 Å². The molecule has 0 amide bonds. The van der Waals surface area contributed by atoms with Crippen LogP contribution in [0.3, 0.4) is 0 Å². The normalized spacial score (nSPS) is 13.7. The van der Waals surface area contributed by atoms with E-state index < -0.39 is 18.0 Å². The molecule has 0 aliphatic heterocycles. The van der Waals surface area contributed by atoms with Gasteiger partial charge in [0.15, 0.2) is 11.9 Å². The molecule has 0 spiro atoms. The number of rotatable bonds is 5. The minimum atomic E-state index is -4.61. The van der Waals surface area contributed by atoms with Crippen molar-refractivity contribution < 1.29 is 27.2 Å². The standard InChI is InChI=1S/C10H9F3N2O3S/c11-10(12,13)7(16)4-19-5-8-14-9(15-18-8)6-2-1-3-17-6/h1-3,7,16H,4-5H2/t7-/m1/s1. The summed E-state index contributed by atoms with van der Waals surface area (Å²) in [5.41, 5.74) is 0. The van der Waals surface area contributed by atoms with Gasteiger partial charge in [-0.05, 0) is 12.1 Å².